The standard InChI is InChI=1S/C27H41NO2/c1-3-5-19-28(20-6-4-2)27-15-11-24(12-16-27)8-7-23-9-13-25(14-10-23)26(17-21-29)18-22-30/h9-16,26,29-30H,3-8,17-22H2,1-2H3. The van der Waals surface area contributed by atoms with Gasteiger partial charge >= 0.3 is 0 Å². The highest BCUT2D eigenvalue weighted by atomic mass is 16.3. The first-order chi connectivity index (χ1) is 14.7. The number of aliphatic hydroxyl groups excluding tert-OH is 2. The topological polar surface area (TPSA) is 43.7 Å². The lowest BCUT2D eigenvalue weighted by atomic mass is 9.92. The molecule has 0 aliphatic heterocycles. The van der Waals surface area contributed by atoms with Gasteiger partial charge in [-0.25, -0.2) is 0 Å². The van der Waals surface area contributed by atoms with E-state index >= 15 is 0 Å². The zero-order valence-corrected chi connectivity index (χ0v) is 19.0. The second-order valence-corrected chi connectivity index (χ2v) is 8.32. The Hall–Kier alpha value is -1.84. The molecule has 0 aromatic heterocycles. The van der Waals surface area contributed by atoms with Crippen LogP contribution >= 0.6 is 0 Å². The minimum atomic E-state index is 0.163. The van der Waals surface area contributed by atoms with Gasteiger partial charge < -0.3 is 15.1 Å². The van der Waals surface area contributed by atoms with Crippen molar-refractivity contribution < 1.29 is 10.2 Å². The summed E-state index contributed by atoms with van der Waals surface area (Å²) in [4.78, 5) is 2.53. The van der Waals surface area contributed by atoms with Gasteiger partial charge in [0.2, 0.25) is 0 Å². The third-order valence-corrected chi connectivity index (χ3v) is 5.97. The molecule has 2 aromatic carbocycles. The first-order valence-corrected chi connectivity index (χ1v) is 11.9. The molecule has 0 fully saturated rings. The van der Waals surface area contributed by atoms with Gasteiger partial charge in [-0.05, 0) is 73.3 Å². The fourth-order valence-corrected chi connectivity index (χ4v) is 3.98. The number of aryl methyl sites for hydroxylation is 2. The van der Waals surface area contributed by atoms with E-state index in [-0.39, 0.29) is 19.1 Å². The predicted molar refractivity (Wildman–Crippen MR) is 128 cm³/mol. The lowest BCUT2D eigenvalue weighted by Gasteiger charge is -2.25. The van der Waals surface area contributed by atoms with Crippen molar-refractivity contribution in [2.75, 3.05) is 31.2 Å². The van der Waals surface area contributed by atoms with Crippen molar-refractivity contribution in [2.24, 2.45) is 0 Å². The molecule has 0 amide bonds. The Morgan fingerprint density at radius 1 is 0.700 bits per heavy atom. The molecular weight excluding hydrogens is 370 g/mol. The van der Waals surface area contributed by atoms with Gasteiger partial charge in [0.25, 0.3) is 0 Å². The molecule has 2 aromatic rings. The maximum atomic E-state index is 9.24. The van der Waals surface area contributed by atoms with Gasteiger partial charge in [0, 0.05) is 32.0 Å². The summed E-state index contributed by atoms with van der Waals surface area (Å²) in [5.41, 5.74) is 5.28. The molecule has 2 rings (SSSR count). The molecule has 3 heteroatoms. The third-order valence-electron chi connectivity index (χ3n) is 5.97. The van der Waals surface area contributed by atoms with Crippen LogP contribution in [0.5, 0.6) is 0 Å². The summed E-state index contributed by atoms with van der Waals surface area (Å²) in [6.45, 7) is 7.14. The molecule has 0 bridgehead atoms. The van der Waals surface area contributed by atoms with E-state index in [1.165, 1.54) is 48.1 Å². The van der Waals surface area contributed by atoms with E-state index in [0.717, 1.165) is 25.9 Å². The highest BCUT2D eigenvalue weighted by Gasteiger charge is 2.10. The van der Waals surface area contributed by atoms with Crippen LogP contribution in [0.15, 0.2) is 48.5 Å². The van der Waals surface area contributed by atoms with E-state index in [1.807, 2.05) is 0 Å². The van der Waals surface area contributed by atoms with Gasteiger partial charge in [0.1, 0.15) is 0 Å². The second kappa shape index (κ2) is 14.2. The largest absolute Gasteiger partial charge is 0.396 e. The fourth-order valence-electron chi connectivity index (χ4n) is 3.98. The van der Waals surface area contributed by atoms with Crippen LogP contribution in [-0.2, 0) is 12.8 Å². The van der Waals surface area contributed by atoms with Crippen LogP contribution in [0.1, 0.15) is 75.0 Å². The molecule has 0 radical (unpaired) electrons. The van der Waals surface area contributed by atoms with Crippen LogP contribution in [0, 0.1) is 0 Å². The minimum Gasteiger partial charge on any atom is -0.396 e. The summed E-state index contributed by atoms with van der Waals surface area (Å²) in [7, 11) is 0. The van der Waals surface area contributed by atoms with E-state index in [2.05, 4.69) is 67.3 Å². The summed E-state index contributed by atoms with van der Waals surface area (Å²) in [5.74, 6) is 0.241. The SMILES string of the molecule is CCCCN(CCCC)c1ccc(CCc2ccc(C(CCO)CCO)cc2)cc1. The number of aliphatic hydroxyl groups is 2. The quantitative estimate of drug-likeness (QED) is 0.393. The normalized spacial score (nSPS) is 11.2. The number of anilines is 1. The molecular formula is C27H41NO2. The third kappa shape index (κ3) is 8.12. The minimum absolute atomic E-state index is 0.163. The van der Waals surface area contributed by atoms with Crippen molar-refractivity contribution >= 4 is 5.69 Å². The van der Waals surface area contributed by atoms with Crippen molar-refractivity contribution in [3.8, 4) is 0 Å². The van der Waals surface area contributed by atoms with Gasteiger partial charge in [-0.15, -0.1) is 0 Å². The highest BCUT2D eigenvalue weighted by Crippen LogP contribution is 2.24. The van der Waals surface area contributed by atoms with Gasteiger partial charge in [-0.2, -0.15) is 0 Å². The fraction of sp³-hybridized carbons (Fsp3) is 0.556. The first-order valence-electron chi connectivity index (χ1n) is 11.9. The van der Waals surface area contributed by atoms with Crippen molar-refractivity contribution in [3.63, 3.8) is 0 Å². The molecule has 0 heterocycles. The van der Waals surface area contributed by atoms with E-state index in [4.69, 9.17) is 0 Å². The highest BCUT2D eigenvalue weighted by molar-refractivity contribution is 5.47. The Morgan fingerprint density at radius 2 is 1.17 bits per heavy atom. The maximum absolute atomic E-state index is 9.24. The van der Waals surface area contributed by atoms with Crippen LogP contribution in [0.3, 0.4) is 0 Å². The van der Waals surface area contributed by atoms with Gasteiger partial charge in [0.15, 0.2) is 0 Å². The number of nitrogens with zero attached hydrogens (tertiary/aromatic N) is 1. The molecule has 3 nitrogen and oxygen atoms in total. The van der Waals surface area contributed by atoms with Crippen molar-refractivity contribution in [3.05, 3.63) is 65.2 Å². The molecule has 0 spiro atoms. The number of benzene rings is 2. The van der Waals surface area contributed by atoms with Crippen LogP contribution in [0.2, 0.25) is 0 Å². The number of unbranched alkanes of at least 4 members (excludes halogenated alkanes) is 2. The lowest BCUT2D eigenvalue weighted by Crippen LogP contribution is -2.25. The Labute approximate surface area is 183 Å². The Balaban J connectivity index is 1.92. The lowest BCUT2D eigenvalue weighted by molar-refractivity contribution is 0.242. The second-order valence-electron chi connectivity index (χ2n) is 8.32. The monoisotopic (exact) mass is 411 g/mol. The molecule has 0 aliphatic rings. The summed E-state index contributed by atoms with van der Waals surface area (Å²) in [5, 5.41) is 18.5. The summed E-state index contributed by atoms with van der Waals surface area (Å²) >= 11 is 0. The number of rotatable bonds is 15. The van der Waals surface area contributed by atoms with Crippen LogP contribution in [0.4, 0.5) is 5.69 Å². The summed E-state index contributed by atoms with van der Waals surface area (Å²) in [6.07, 6.45) is 8.46. The summed E-state index contributed by atoms with van der Waals surface area (Å²) < 4.78 is 0. The molecule has 0 atom stereocenters. The van der Waals surface area contributed by atoms with Crippen LogP contribution in [-0.4, -0.2) is 36.5 Å². The van der Waals surface area contributed by atoms with Gasteiger partial charge in [-0.1, -0.05) is 63.1 Å². The average Bonchev–Trinajstić information content (AvgIpc) is 2.78. The molecule has 0 unspecified atom stereocenters. The smallest absolute Gasteiger partial charge is 0.0436 e. The Kier molecular flexibility index (Phi) is 11.6. The van der Waals surface area contributed by atoms with E-state index < -0.39 is 0 Å². The van der Waals surface area contributed by atoms with Gasteiger partial charge in [-0.3, -0.25) is 0 Å². The Morgan fingerprint density at radius 3 is 1.60 bits per heavy atom. The van der Waals surface area contributed by atoms with Crippen LogP contribution in [0.25, 0.3) is 0 Å². The number of hydrogen-bond acceptors (Lipinski definition) is 3. The molecule has 0 aliphatic carbocycles. The van der Waals surface area contributed by atoms with Crippen molar-refractivity contribution in [1.82, 2.24) is 0 Å². The van der Waals surface area contributed by atoms with E-state index in [9.17, 15) is 10.2 Å². The first kappa shape index (κ1) is 24.4. The number of hydrogen-bond donors (Lipinski definition) is 2. The molecule has 0 saturated carbocycles. The Bertz CT molecular complexity index is 667. The molecule has 2 N–H and O–H groups in total. The van der Waals surface area contributed by atoms with Crippen LogP contribution < -0.4 is 4.90 Å². The van der Waals surface area contributed by atoms with E-state index in [1.54, 1.807) is 0 Å². The average molecular weight is 412 g/mol. The zero-order valence-electron chi connectivity index (χ0n) is 19.0. The van der Waals surface area contributed by atoms with Gasteiger partial charge in [0.05, 0.1) is 0 Å². The summed E-state index contributed by atoms with van der Waals surface area (Å²) in [6, 6.07) is 17.9. The molecule has 0 saturated heterocycles. The van der Waals surface area contributed by atoms with E-state index in [0.29, 0.717) is 12.8 Å². The zero-order chi connectivity index (χ0) is 21.6. The molecule has 166 valence electrons. The van der Waals surface area contributed by atoms with Crippen molar-refractivity contribution in [2.45, 2.75) is 71.1 Å². The van der Waals surface area contributed by atoms with Crippen molar-refractivity contribution in [1.29, 1.82) is 0 Å². The maximum Gasteiger partial charge on any atom is 0.0436 e. The molecule has 30 heavy (non-hydrogen) atoms. The predicted octanol–water partition coefficient (Wildman–Crippen LogP) is 5.73.